The van der Waals surface area contributed by atoms with E-state index in [1.165, 1.54) is 46.5 Å². The third kappa shape index (κ3) is 5.47. The largest absolute Gasteiger partial charge is 0.481 e. The molecule has 0 bridgehead atoms. The number of carboxylic acids is 2. The zero-order valence-electron chi connectivity index (χ0n) is 27.4. The highest BCUT2D eigenvalue weighted by Crippen LogP contribution is 2.45. The molecule has 4 aliphatic heterocycles. The van der Waals surface area contributed by atoms with E-state index in [1.54, 1.807) is 32.2 Å². The van der Waals surface area contributed by atoms with Crippen molar-refractivity contribution in [2.24, 2.45) is 23.7 Å². The van der Waals surface area contributed by atoms with Crippen LogP contribution in [0.15, 0.2) is 34.9 Å². The van der Waals surface area contributed by atoms with Gasteiger partial charge in [0.25, 0.3) is 11.1 Å². The van der Waals surface area contributed by atoms with Gasteiger partial charge < -0.3 is 20.4 Å². The highest BCUT2D eigenvalue weighted by atomic mass is 32.2. The molecule has 0 saturated carbocycles. The summed E-state index contributed by atoms with van der Waals surface area (Å²) in [6.07, 6.45) is 4.34. The Labute approximate surface area is 288 Å². The fourth-order valence-electron chi connectivity index (χ4n) is 8.26. The van der Waals surface area contributed by atoms with Crippen molar-refractivity contribution >= 4 is 45.3 Å². The maximum atomic E-state index is 15.0. The second kappa shape index (κ2) is 12.5. The Balaban J connectivity index is 1.47. The minimum Gasteiger partial charge on any atom is -0.481 e. The van der Waals surface area contributed by atoms with E-state index in [2.05, 4.69) is 9.97 Å². The molecule has 0 spiro atoms. The van der Waals surface area contributed by atoms with Gasteiger partial charge >= 0.3 is 24.6 Å². The van der Waals surface area contributed by atoms with E-state index in [4.69, 9.17) is 0 Å². The highest BCUT2D eigenvalue weighted by Gasteiger charge is 2.49. The van der Waals surface area contributed by atoms with Crippen LogP contribution in [0.2, 0.25) is 0 Å². The van der Waals surface area contributed by atoms with Crippen molar-refractivity contribution in [2.75, 3.05) is 0 Å². The number of aliphatic carboxylic acids is 2. The molecular weight excluding hydrogens is 677 g/mol. The van der Waals surface area contributed by atoms with Gasteiger partial charge in [-0.2, -0.15) is 18.7 Å². The molecule has 16 nitrogen and oxygen atoms in total. The number of aliphatic hydroxyl groups is 2. The molecule has 0 amide bonds. The average molecular weight is 717 g/mol. The van der Waals surface area contributed by atoms with E-state index in [0.717, 1.165) is 0 Å². The van der Waals surface area contributed by atoms with Crippen LogP contribution < -0.4 is 31.2 Å². The Bertz CT molecular complexity index is 2050. The molecule has 0 radical (unpaired) electrons. The first-order valence-corrected chi connectivity index (χ1v) is 18.1. The fourth-order valence-corrected chi connectivity index (χ4v) is 11.2. The van der Waals surface area contributed by atoms with Gasteiger partial charge in [-0.05, 0) is 30.2 Å². The summed E-state index contributed by atoms with van der Waals surface area (Å²) < 4.78 is 10.4. The Morgan fingerprint density at radius 1 is 0.837 bits per heavy atom. The Kier molecular flexibility index (Phi) is 8.64. The van der Waals surface area contributed by atoms with Gasteiger partial charge in [-0.15, -0.1) is 23.5 Å². The second-order valence-corrected chi connectivity index (χ2v) is 16.4. The first-order chi connectivity index (χ1) is 23.3. The van der Waals surface area contributed by atoms with Crippen LogP contribution in [0.5, 0.6) is 0 Å². The van der Waals surface area contributed by atoms with Crippen molar-refractivity contribution in [3.63, 3.8) is 0 Å². The molecule has 0 saturated heterocycles. The maximum absolute atomic E-state index is 15.0. The van der Waals surface area contributed by atoms with E-state index < -0.39 is 71.0 Å². The molecule has 7 rings (SSSR count). The van der Waals surface area contributed by atoms with Crippen LogP contribution >= 0.6 is 23.5 Å². The Morgan fingerprint density at radius 2 is 1.31 bits per heavy atom. The quantitative estimate of drug-likeness (QED) is 0.156. The van der Waals surface area contributed by atoms with Crippen molar-refractivity contribution in [3.8, 4) is 0 Å². The maximum Gasteiger partial charge on any atom is 0.311 e. The number of nitrogens with zero attached hydrogens (tertiary/aromatic N) is 8. The zero-order valence-corrected chi connectivity index (χ0v) is 29.1. The zero-order chi connectivity index (χ0) is 35.0. The SMILES string of the molecule is CC(O)C(C(=O)O)C1[C@@H](C)C(SC2Cn3cnc[n+]3C2)=c2c(=O)n3c(c(=O)n21)=C(SC1Cn2cnc[n+]2C1)[C@H](C)C3C(C[C@@H](C)O)C(=O)O. The third-order valence-corrected chi connectivity index (χ3v) is 13.2. The molecule has 7 heterocycles. The van der Waals surface area contributed by atoms with E-state index in [0.29, 0.717) is 36.0 Å². The highest BCUT2D eigenvalue weighted by molar-refractivity contribution is 8.08. The lowest BCUT2D eigenvalue weighted by molar-refractivity contribution is -0.758. The number of hydrogen-bond donors (Lipinski definition) is 4. The van der Waals surface area contributed by atoms with Gasteiger partial charge in [-0.3, -0.25) is 28.3 Å². The van der Waals surface area contributed by atoms with Crippen LogP contribution in [0.1, 0.15) is 46.2 Å². The van der Waals surface area contributed by atoms with Gasteiger partial charge in [0.2, 0.25) is 12.7 Å². The van der Waals surface area contributed by atoms with Crippen LogP contribution in [-0.2, 0) is 35.8 Å². The predicted molar refractivity (Wildman–Crippen MR) is 175 cm³/mol. The van der Waals surface area contributed by atoms with Crippen LogP contribution in [0.4, 0.5) is 0 Å². The van der Waals surface area contributed by atoms with Crippen molar-refractivity contribution in [1.29, 1.82) is 0 Å². The van der Waals surface area contributed by atoms with Gasteiger partial charge in [0.1, 0.15) is 29.7 Å². The molecular formula is C31H40N8O8S2+2. The standard InChI is InChI=1S/C31H38N8O8S2/c1-14(40)5-20(30(44)45)22-15(2)26(48-18-6-34-10-32-11-35(34)7-18)24-29(43)39-23(21(17(4)41)31(46)47)16(3)27(25(39)28(42)38(22)24)49-19-8-36-12-33-13-37(36)9-19/h10-23,40-41H,5-9H2,1-4H3/p+2/t14-,15-,16-,17?,20?,21?,22?,23?/m1/s1. The molecule has 8 atom stereocenters. The number of aliphatic hydroxyl groups excluding tert-OH is 2. The molecule has 262 valence electrons. The second-order valence-electron chi connectivity index (χ2n) is 13.7. The van der Waals surface area contributed by atoms with E-state index in [9.17, 15) is 30.0 Å². The number of thioether (sulfide) groups is 2. The van der Waals surface area contributed by atoms with Crippen molar-refractivity contribution in [3.05, 3.63) is 56.7 Å². The molecule has 0 aromatic carbocycles. The lowest BCUT2D eigenvalue weighted by atomic mass is 9.86. The fraction of sp³-hybridized carbons (Fsp3) is 0.613. The minimum absolute atomic E-state index is 0.0333. The number of aromatic nitrogens is 8. The normalized spacial score (nSPS) is 27.8. The molecule has 3 aromatic rings. The summed E-state index contributed by atoms with van der Waals surface area (Å²) in [6, 6.07) is -2.05. The van der Waals surface area contributed by atoms with Crippen LogP contribution in [0.25, 0.3) is 9.81 Å². The number of rotatable bonds is 11. The molecule has 0 aliphatic carbocycles. The summed E-state index contributed by atoms with van der Waals surface area (Å²) in [5.41, 5.74) is -1.16. The summed E-state index contributed by atoms with van der Waals surface area (Å²) in [5, 5.41) is 42.0. The summed E-state index contributed by atoms with van der Waals surface area (Å²) in [5.74, 6) is -6.29. The number of hydrogen-bond acceptors (Lipinski definition) is 10. The lowest BCUT2D eigenvalue weighted by Crippen LogP contribution is -2.59. The molecule has 3 aromatic heterocycles. The van der Waals surface area contributed by atoms with Crippen molar-refractivity contribution in [2.45, 2.75) is 95.1 Å². The predicted octanol–water partition coefficient (Wildman–Crippen LogP) is -2.24. The number of fused-ring (bicyclic) bond motifs is 4. The van der Waals surface area contributed by atoms with Gasteiger partial charge in [0.05, 0.1) is 53.8 Å². The van der Waals surface area contributed by atoms with E-state index in [1.807, 2.05) is 25.7 Å². The lowest BCUT2D eigenvalue weighted by Gasteiger charge is -2.29. The first kappa shape index (κ1) is 33.7. The van der Waals surface area contributed by atoms with E-state index in [-0.39, 0.29) is 27.6 Å². The average Bonchev–Trinajstić information content (AvgIpc) is 3.84. The molecule has 4 aliphatic rings. The molecule has 0 fully saturated rings. The van der Waals surface area contributed by atoms with Gasteiger partial charge in [-0.1, -0.05) is 13.8 Å². The molecule has 5 unspecified atom stereocenters. The smallest absolute Gasteiger partial charge is 0.311 e. The topological polar surface area (TPSA) is 202 Å². The Hall–Kier alpha value is -3.74. The molecule has 4 N–H and O–H groups in total. The number of carboxylic acid groups (broad SMARTS) is 2. The van der Waals surface area contributed by atoms with Crippen molar-refractivity contribution < 1.29 is 39.4 Å². The summed E-state index contributed by atoms with van der Waals surface area (Å²) in [4.78, 5) is 65.1. The van der Waals surface area contributed by atoms with Crippen molar-refractivity contribution in [1.82, 2.24) is 28.5 Å². The van der Waals surface area contributed by atoms with Crippen LogP contribution in [0, 0.1) is 23.7 Å². The summed E-state index contributed by atoms with van der Waals surface area (Å²) in [6.45, 7) is 8.75. The van der Waals surface area contributed by atoms with Gasteiger partial charge in [0.15, 0.2) is 0 Å². The van der Waals surface area contributed by atoms with Crippen LogP contribution in [-0.4, -0.2) is 83.5 Å². The molecule has 18 heteroatoms. The third-order valence-electron chi connectivity index (χ3n) is 10.3. The molecule has 49 heavy (non-hydrogen) atoms. The van der Waals surface area contributed by atoms with Crippen LogP contribution in [0.3, 0.4) is 0 Å². The monoisotopic (exact) mass is 716 g/mol. The Morgan fingerprint density at radius 3 is 1.71 bits per heavy atom. The van der Waals surface area contributed by atoms with Gasteiger partial charge in [0, 0.05) is 21.6 Å². The van der Waals surface area contributed by atoms with Gasteiger partial charge in [-0.25, -0.2) is 0 Å². The summed E-state index contributed by atoms with van der Waals surface area (Å²) in [7, 11) is 0. The summed E-state index contributed by atoms with van der Waals surface area (Å²) >= 11 is 2.83. The first-order valence-electron chi connectivity index (χ1n) is 16.4. The number of carbonyl (C=O) groups is 2. The van der Waals surface area contributed by atoms with E-state index >= 15 is 9.59 Å². The minimum atomic E-state index is -1.40.